The first kappa shape index (κ1) is 11.6. The van der Waals surface area contributed by atoms with E-state index in [2.05, 4.69) is 50.0 Å². The molecule has 0 aliphatic heterocycles. The fourth-order valence-electron chi connectivity index (χ4n) is 1.82. The molecule has 88 valence electrons. The van der Waals surface area contributed by atoms with Gasteiger partial charge in [-0.1, -0.05) is 45.0 Å². The molecule has 1 aromatic heterocycles. The summed E-state index contributed by atoms with van der Waals surface area (Å²) in [6.07, 6.45) is 3.45. The molecule has 17 heavy (non-hydrogen) atoms. The van der Waals surface area contributed by atoms with E-state index in [0.717, 1.165) is 16.8 Å². The summed E-state index contributed by atoms with van der Waals surface area (Å²) in [5, 5.41) is 0. The van der Waals surface area contributed by atoms with Gasteiger partial charge in [-0.15, -0.1) is 0 Å². The molecule has 2 N–H and O–H groups in total. The van der Waals surface area contributed by atoms with E-state index in [4.69, 9.17) is 5.73 Å². The minimum Gasteiger partial charge on any atom is -0.397 e. The molecule has 0 aliphatic rings. The van der Waals surface area contributed by atoms with Crippen LogP contribution < -0.4 is 5.73 Å². The largest absolute Gasteiger partial charge is 0.397 e. The molecule has 0 saturated carbocycles. The number of nitrogens with zero attached hydrogens (tertiary/aromatic N) is 1. The lowest BCUT2D eigenvalue weighted by molar-refractivity contribution is 0.590. The molecule has 2 rings (SSSR count). The first-order valence-electron chi connectivity index (χ1n) is 5.79. The summed E-state index contributed by atoms with van der Waals surface area (Å²) in [5.74, 6) is 0. The van der Waals surface area contributed by atoms with Crippen LogP contribution >= 0.6 is 0 Å². The average Bonchev–Trinajstić information content (AvgIpc) is 2.29. The summed E-state index contributed by atoms with van der Waals surface area (Å²) >= 11 is 0. The predicted molar refractivity (Wildman–Crippen MR) is 72.8 cm³/mol. The topological polar surface area (TPSA) is 38.9 Å². The normalized spacial score (nSPS) is 11.5. The van der Waals surface area contributed by atoms with Crippen LogP contribution in [0.5, 0.6) is 0 Å². The number of anilines is 1. The smallest absolute Gasteiger partial charge is 0.0580 e. The molecular formula is C15H18N2. The quantitative estimate of drug-likeness (QED) is 0.806. The van der Waals surface area contributed by atoms with Crippen molar-refractivity contribution in [1.29, 1.82) is 0 Å². The van der Waals surface area contributed by atoms with Gasteiger partial charge in [0.1, 0.15) is 0 Å². The molecule has 0 amide bonds. The standard InChI is InChI=1S/C15H18N2/c1-15(2,3)12-6-4-11(5-7-12)13-8-9-17-10-14(13)16/h4-10H,16H2,1-3H3. The van der Waals surface area contributed by atoms with E-state index in [9.17, 15) is 0 Å². The number of benzene rings is 1. The van der Waals surface area contributed by atoms with Crippen molar-refractivity contribution < 1.29 is 0 Å². The molecule has 0 atom stereocenters. The van der Waals surface area contributed by atoms with Crippen molar-refractivity contribution in [2.24, 2.45) is 0 Å². The van der Waals surface area contributed by atoms with Crippen LogP contribution in [-0.2, 0) is 5.41 Å². The van der Waals surface area contributed by atoms with E-state index >= 15 is 0 Å². The van der Waals surface area contributed by atoms with E-state index < -0.39 is 0 Å². The SMILES string of the molecule is CC(C)(C)c1ccc(-c2ccncc2N)cc1. The maximum atomic E-state index is 5.91. The fraction of sp³-hybridized carbons (Fsp3) is 0.267. The lowest BCUT2D eigenvalue weighted by atomic mass is 9.86. The van der Waals surface area contributed by atoms with E-state index in [1.165, 1.54) is 5.56 Å². The first-order chi connectivity index (χ1) is 7.98. The van der Waals surface area contributed by atoms with Crippen molar-refractivity contribution in [3.8, 4) is 11.1 Å². The monoisotopic (exact) mass is 226 g/mol. The summed E-state index contributed by atoms with van der Waals surface area (Å²) in [7, 11) is 0. The van der Waals surface area contributed by atoms with E-state index in [0.29, 0.717) is 0 Å². The summed E-state index contributed by atoms with van der Waals surface area (Å²) in [4.78, 5) is 4.00. The molecule has 0 fully saturated rings. The lowest BCUT2D eigenvalue weighted by Crippen LogP contribution is -2.10. The number of hydrogen-bond donors (Lipinski definition) is 1. The second kappa shape index (κ2) is 4.21. The maximum Gasteiger partial charge on any atom is 0.0580 e. The summed E-state index contributed by atoms with van der Waals surface area (Å²) in [6.45, 7) is 6.63. The Bertz CT molecular complexity index is 507. The van der Waals surface area contributed by atoms with Crippen LogP contribution in [0.15, 0.2) is 42.7 Å². The van der Waals surface area contributed by atoms with E-state index in [1.807, 2.05) is 6.07 Å². The zero-order valence-electron chi connectivity index (χ0n) is 10.6. The summed E-state index contributed by atoms with van der Waals surface area (Å²) in [5.41, 5.74) is 10.3. The Balaban J connectivity index is 2.40. The van der Waals surface area contributed by atoms with Gasteiger partial charge in [-0.3, -0.25) is 4.98 Å². The number of aromatic nitrogens is 1. The minimum atomic E-state index is 0.183. The first-order valence-corrected chi connectivity index (χ1v) is 5.79. The highest BCUT2D eigenvalue weighted by Crippen LogP contribution is 2.28. The molecule has 0 radical (unpaired) electrons. The highest BCUT2D eigenvalue weighted by Gasteiger charge is 2.13. The lowest BCUT2D eigenvalue weighted by Gasteiger charge is -2.19. The highest BCUT2D eigenvalue weighted by molar-refractivity contribution is 5.75. The van der Waals surface area contributed by atoms with Crippen LogP contribution in [-0.4, -0.2) is 4.98 Å². The van der Waals surface area contributed by atoms with Gasteiger partial charge in [0, 0.05) is 11.8 Å². The van der Waals surface area contributed by atoms with Crippen LogP contribution in [0.25, 0.3) is 11.1 Å². The zero-order valence-corrected chi connectivity index (χ0v) is 10.6. The maximum absolute atomic E-state index is 5.91. The second-order valence-electron chi connectivity index (χ2n) is 5.29. The van der Waals surface area contributed by atoms with Crippen molar-refractivity contribution in [2.45, 2.75) is 26.2 Å². The zero-order chi connectivity index (χ0) is 12.5. The average molecular weight is 226 g/mol. The fourth-order valence-corrected chi connectivity index (χ4v) is 1.82. The van der Waals surface area contributed by atoms with Crippen LogP contribution in [0.2, 0.25) is 0 Å². The molecule has 0 bridgehead atoms. The molecule has 2 heteroatoms. The molecule has 2 aromatic rings. The third kappa shape index (κ3) is 2.47. The number of nitrogens with two attached hydrogens (primary N) is 1. The van der Waals surface area contributed by atoms with Gasteiger partial charge in [0.2, 0.25) is 0 Å². The molecule has 0 spiro atoms. The molecule has 2 nitrogen and oxygen atoms in total. The van der Waals surface area contributed by atoms with Crippen molar-refractivity contribution in [2.75, 3.05) is 5.73 Å². The van der Waals surface area contributed by atoms with Crippen LogP contribution in [0.1, 0.15) is 26.3 Å². The van der Waals surface area contributed by atoms with Gasteiger partial charge in [0.15, 0.2) is 0 Å². The number of nitrogen functional groups attached to an aromatic ring is 1. The Morgan fingerprint density at radius 1 is 1.00 bits per heavy atom. The third-order valence-electron chi connectivity index (χ3n) is 2.91. The van der Waals surface area contributed by atoms with Crippen LogP contribution in [0, 0.1) is 0 Å². The van der Waals surface area contributed by atoms with Gasteiger partial charge in [0.25, 0.3) is 0 Å². The van der Waals surface area contributed by atoms with Gasteiger partial charge in [-0.25, -0.2) is 0 Å². The van der Waals surface area contributed by atoms with Gasteiger partial charge >= 0.3 is 0 Å². The van der Waals surface area contributed by atoms with Crippen molar-refractivity contribution >= 4 is 5.69 Å². The number of hydrogen-bond acceptors (Lipinski definition) is 2. The Morgan fingerprint density at radius 2 is 1.65 bits per heavy atom. The summed E-state index contributed by atoms with van der Waals surface area (Å²) < 4.78 is 0. The van der Waals surface area contributed by atoms with Crippen molar-refractivity contribution in [3.63, 3.8) is 0 Å². The van der Waals surface area contributed by atoms with Gasteiger partial charge in [-0.2, -0.15) is 0 Å². The highest BCUT2D eigenvalue weighted by atomic mass is 14.7. The molecule has 0 aliphatic carbocycles. The van der Waals surface area contributed by atoms with E-state index in [1.54, 1.807) is 12.4 Å². The van der Waals surface area contributed by atoms with Crippen LogP contribution in [0.3, 0.4) is 0 Å². The van der Waals surface area contributed by atoms with Crippen molar-refractivity contribution in [3.05, 3.63) is 48.3 Å². The Hall–Kier alpha value is -1.83. The van der Waals surface area contributed by atoms with Crippen molar-refractivity contribution in [1.82, 2.24) is 4.98 Å². The predicted octanol–water partition coefficient (Wildman–Crippen LogP) is 3.63. The molecule has 1 aromatic carbocycles. The summed E-state index contributed by atoms with van der Waals surface area (Å²) in [6, 6.07) is 10.5. The van der Waals surface area contributed by atoms with Gasteiger partial charge < -0.3 is 5.73 Å². The Kier molecular flexibility index (Phi) is 2.88. The molecule has 1 heterocycles. The third-order valence-corrected chi connectivity index (χ3v) is 2.91. The Labute approximate surface area is 103 Å². The number of pyridine rings is 1. The van der Waals surface area contributed by atoms with Gasteiger partial charge in [0.05, 0.1) is 11.9 Å². The second-order valence-corrected chi connectivity index (χ2v) is 5.29. The Morgan fingerprint density at radius 3 is 2.18 bits per heavy atom. The number of rotatable bonds is 1. The molecular weight excluding hydrogens is 208 g/mol. The van der Waals surface area contributed by atoms with Gasteiger partial charge in [-0.05, 0) is 22.6 Å². The molecule has 0 unspecified atom stereocenters. The molecule has 0 saturated heterocycles. The van der Waals surface area contributed by atoms with Crippen LogP contribution in [0.4, 0.5) is 5.69 Å². The van der Waals surface area contributed by atoms with E-state index in [-0.39, 0.29) is 5.41 Å². The minimum absolute atomic E-state index is 0.183.